The number of benzene rings is 1. The zero-order chi connectivity index (χ0) is 19.5. The number of nitrogens with one attached hydrogen (secondary N) is 2. The van der Waals surface area contributed by atoms with Gasteiger partial charge >= 0.3 is 0 Å². The smallest absolute Gasteiger partial charge is 0.191 e. The third kappa shape index (κ3) is 7.92. The molecule has 0 atom stereocenters. The maximum absolute atomic E-state index is 4.34. The maximum atomic E-state index is 4.34. The minimum atomic E-state index is 0. The zero-order valence-electron chi connectivity index (χ0n) is 17.4. The molecule has 0 bridgehead atoms. The van der Waals surface area contributed by atoms with E-state index in [4.69, 9.17) is 0 Å². The average Bonchev–Trinajstić information content (AvgIpc) is 2.71. The first kappa shape index (κ1) is 24.0. The van der Waals surface area contributed by atoms with Crippen molar-refractivity contribution in [1.29, 1.82) is 0 Å². The molecule has 1 aromatic heterocycles. The number of anilines is 2. The summed E-state index contributed by atoms with van der Waals surface area (Å²) >= 11 is 0. The molecule has 0 aliphatic rings. The van der Waals surface area contributed by atoms with Crippen LogP contribution in [0.4, 0.5) is 11.5 Å². The van der Waals surface area contributed by atoms with Crippen LogP contribution < -0.4 is 20.4 Å². The number of aromatic nitrogens is 1. The summed E-state index contributed by atoms with van der Waals surface area (Å²) in [5.74, 6) is 1.78. The molecule has 0 amide bonds. The van der Waals surface area contributed by atoms with Crippen LogP contribution in [0.3, 0.4) is 0 Å². The number of guanidine groups is 1. The number of para-hydroxylation sites is 1. The monoisotopic (exact) mass is 496 g/mol. The normalized spacial score (nSPS) is 10.8. The highest BCUT2D eigenvalue weighted by atomic mass is 127. The zero-order valence-corrected chi connectivity index (χ0v) is 19.7. The van der Waals surface area contributed by atoms with E-state index in [1.807, 2.05) is 31.3 Å². The van der Waals surface area contributed by atoms with Crippen LogP contribution in [0.15, 0.2) is 53.7 Å². The molecule has 1 aromatic carbocycles. The largest absolute Gasteiger partial charge is 0.372 e. The fourth-order valence-electron chi connectivity index (χ4n) is 2.81. The Morgan fingerprint density at radius 2 is 1.86 bits per heavy atom. The van der Waals surface area contributed by atoms with Crippen LogP contribution >= 0.6 is 24.0 Å². The van der Waals surface area contributed by atoms with Crippen molar-refractivity contribution in [2.24, 2.45) is 4.99 Å². The van der Waals surface area contributed by atoms with E-state index in [1.54, 1.807) is 7.05 Å². The number of halogens is 1. The maximum Gasteiger partial charge on any atom is 0.191 e. The van der Waals surface area contributed by atoms with Crippen LogP contribution in [0.5, 0.6) is 0 Å². The second-order valence-corrected chi connectivity index (χ2v) is 6.54. The van der Waals surface area contributed by atoms with Crippen molar-refractivity contribution in [3.8, 4) is 0 Å². The molecule has 2 N–H and O–H groups in total. The van der Waals surface area contributed by atoms with Crippen LogP contribution in [0.25, 0.3) is 0 Å². The van der Waals surface area contributed by atoms with Gasteiger partial charge in [0.1, 0.15) is 5.82 Å². The summed E-state index contributed by atoms with van der Waals surface area (Å²) in [6, 6.07) is 14.7. The van der Waals surface area contributed by atoms with Crippen LogP contribution in [-0.2, 0) is 6.54 Å². The summed E-state index contributed by atoms with van der Waals surface area (Å²) in [5.41, 5.74) is 2.45. The lowest BCUT2D eigenvalue weighted by Crippen LogP contribution is -2.38. The van der Waals surface area contributed by atoms with Crippen molar-refractivity contribution >= 4 is 41.4 Å². The second-order valence-electron chi connectivity index (χ2n) is 6.54. The molecule has 0 unspecified atom stereocenters. The molecule has 154 valence electrons. The Bertz CT molecular complexity index is 705. The number of pyridine rings is 1. The molecule has 7 heteroatoms. The van der Waals surface area contributed by atoms with Gasteiger partial charge in [-0.25, -0.2) is 4.98 Å². The summed E-state index contributed by atoms with van der Waals surface area (Å²) < 4.78 is 0. The Morgan fingerprint density at radius 3 is 2.50 bits per heavy atom. The predicted octanol–water partition coefficient (Wildman–Crippen LogP) is 3.35. The number of nitrogens with zero attached hydrogens (tertiary/aromatic N) is 4. The molecular formula is C21H33IN6. The number of aliphatic imine (C=N–C) groups is 1. The van der Waals surface area contributed by atoms with Gasteiger partial charge in [0, 0.05) is 59.2 Å². The molecule has 0 saturated carbocycles. The highest BCUT2D eigenvalue weighted by Crippen LogP contribution is 2.12. The van der Waals surface area contributed by atoms with Gasteiger partial charge in [-0.3, -0.25) is 4.99 Å². The third-order valence-corrected chi connectivity index (χ3v) is 4.35. The average molecular weight is 496 g/mol. The van der Waals surface area contributed by atoms with Gasteiger partial charge in [-0.05, 0) is 43.2 Å². The minimum absolute atomic E-state index is 0. The van der Waals surface area contributed by atoms with Crippen LogP contribution in [0.2, 0.25) is 0 Å². The van der Waals surface area contributed by atoms with Crippen LogP contribution in [0.1, 0.15) is 18.9 Å². The molecule has 0 spiro atoms. The van der Waals surface area contributed by atoms with Gasteiger partial charge in [0.2, 0.25) is 0 Å². The first-order valence-corrected chi connectivity index (χ1v) is 9.50. The van der Waals surface area contributed by atoms with E-state index in [-0.39, 0.29) is 24.0 Å². The van der Waals surface area contributed by atoms with Gasteiger partial charge in [0.25, 0.3) is 0 Å². The van der Waals surface area contributed by atoms with E-state index in [0.717, 1.165) is 37.8 Å². The SMILES string of the molecule is CCN(CCCNC(=NC)NCc1ccnc(N(C)C)c1)c1ccccc1.I. The summed E-state index contributed by atoms with van der Waals surface area (Å²) in [6.45, 7) is 5.81. The van der Waals surface area contributed by atoms with Gasteiger partial charge in [-0.1, -0.05) is 18.2 Å². The fourth-order valence-corrected chi connectivity index (χ4v) is 2.81. The van der Waals surface area contributed by atoms with Gasteiger partial charge < -0.3 is 20.4 Å². The number of hydrogen-bond donors (Lipinski definition) is 2. The molecular weight excluding hydrogens is 463 g/mol. The Balaban J connectivity index is 0.00000392. The van der Waals surface area contributed by atoms with Crippen molar-refractivity contribution in [3.05, 3.63) is 54.2 Å². The molecule has 0 aliphatic heterocycles. The van der Waals surface area contributed by atoms with Gasteiger partial charge in [0.05, 0.1) is 0 Å². The molecule has 2 rings (SSSR count). The second kappa shape index (κ2) is 13.2. The Hall–Kier alpha value is -2.03. The molecule has 1 heterocycles. The molecule has 6 nitrogen and oxygen atoms in total. The highest BCUT2D eigenvalue weighted by Gasteiger charge is 2.04. The van der Waals surface area contributed by atoms with E-state index in [9.17, 15) is 0 Å². The molecule has 0 aliphatic carbocycles. The summed E-state index contributed by atoms with van der Waals surface area (Å²) in [5, 5.41) is 6.76. The first-order chi connectivity index (χ1) is 13.1. The van der Waals surface area contributed by atoms with E-state index in [2.05, 4.69) is 68.8 Å². The number of rotatable bonds is 9. The summed E-state index contributed by atoms with van der Waals surface area (Å²) in [7, 11) is 5.79. The first-order valence-electron chi connectivity index (χ1n) is 9.50. The Morgan fingerprint density at radius 1 is 1.11 bits per heavy atom. The summed E-state index contributed by atoms with van der Waals surface area (Å²) in [6.07, 6.45) is 2.88. The van der Waals surface area contributed by atoms with Gasteiger partial charge in [-0.2, -0.15) is 0 Å². The van der Waals surface area contributed by atoms with E-state index >= 15 is 0 Å². The van der Waals surface area contributed by atoms with Crippen LogP contribution in [0, 0.1) is 0 Å². The fraction of sp³-hybridized carbons (Fsp3) is 0.429. The lowest BCUT2D eigenvalue weighted by molar-refractivity contribution is 0.708. The molecule has 0 fully saturated rings. The van der Waals surface area contributed by atoms with E-state index in [0.29, 0.717) is 6.54 Å². The van der Waals surface area contributed by atoms with Crippen LogP contribution in [-0.4, -0.2) is 51.7 Å². The lowest BCUT2D eigenvalue weighted by Gasteiger charge is -2.23. The molecule has 0 radical (unpaired) electrons. The minimum Gasteiger partial charge on any atom is -0.372 e. The van der Waals surface area contributed by atoms with Crippen molar-refractivity contribution in [1.82, 2.24) is 15.6 Å². The van der Waals surface area contributed by atoms with Crippen molar-refractivity contribution < 1.29 is 0 Å². The topological polar surface area (TPSA) is 55.8 Å². The highest BCUT2D eigenvalue weighted by molar-refractivity contribution is 14.0. The van der Waals surface area contributed by atoms with Gasteiger partial charge in [-0.15, -0.1) is 24.0 Å². The number of hydrogen-bond acceptors (Lipinski definition) is 4. The molecule has 2 aromatic rings. The lowest BCUT2D eigenvalue weighted by atomic mass is 10.2. The summed E-state index contributed by atoms with van der Waals surface area (Å²) in [4.78, 5) is 13.0. The van der Waals surface area contributed by atoms with Crippen molar-refractivity contribution in [2.45, 2.75) is 19.9 Å². The van der Waals surface area contributed by atoms with E-state index < -0.39 is 0 Å². The van der Waals surface area contributed by atoms with Crippen molar-refractivity contribution in [3.63, 3.8) is 0 Å². The standard InChI is InChI=1S/C21H32N6.HI/c1-5-27(19-10-7-6-8-11-19)15-9-13-24-21(22-2)25-17-18-12-14-23-20(16-18)26(3)4;/h6-8,10-12,14,16H,5,9,13,15,17H2,1-4H3,(H2,22,24,25);1H. The van der Waals surface area contributed by atoms with Gasteiger partial charge in [0.15, 0.2) is 5.96 Å². The third-order valence-electron chi connectivity index (χ3n) is 4.35. The molecule has 0 saturated heterocycles. The predicted molar refractivity (Wildman–Crippen MR) is 131 cm³/mol. The quantitative estimate of drug-likeness (QED) is 0.242. The Labute approximate surface area is 186 Å². The Kier molecular flexibility index (Phi) is 11.3. The van der Waals surface area contributed by atoms with Crippen molar-refractivity contribution in [2.75, 3.05) is 50.6 Å². The van der Waals surface area contributed by atoms with E-state index in [1.165, 1.54) is 11.3 Å². The molecule has 28 heavy (non-hydrogen) atoms.